The highest BCUT2D eigenvalue weighted by atomic mass is 16.5. The van der Waals surface area contributed by atoms with E-state index in [1.54, 1.807) is 0 Å². The molecule has 0 saturated heterocycles. The van der Waals surface area contributed by atoms with Crippen molar-refractivity contribution >= 4 is 5.91 Å². The second-order valence-electron chi connectivity index (χ2n) is 5.00. The number of rotatable bonds is 4. The van der Waals surface area contributed by atoms with Crippen LogP contribution in [0, 0.1) is 6.92 Å². The number of benzene rings is 1. The van der Waals surface area contributed by atoms with E-state index < -0.39 is 0 Å². The first kappa shape index (κ1) is 12.9. The number of para-hydroxylation sites is 1. The van der Waals surface area contributed by atoms with E-state index in [2.05, 4.69) is 0 Å². The van der Waals surface area contributed by atoms with Crippen LogP contribution in [0.2, 0.25) is 0 Å². The lowest BCUT2D eigenvalue weighted by Gasteiger charge is -2.24. The van der Waals surface area contributed by atoms with Gasteiger partial charge in [-0.05, 0) is 31.4 Å². The van der Waals surface area contributed by atoms with E-state index in [1.807, 2.05) is 43.1 Å². The molecule has 0 heterocycles. The second-order valence-corrected chi connectivity index (χ2v) is 5.00. The zero-order valence-electron chi connectivity index (χ0n) is 11.2. The number of carbonyl (C=O) groups is 1. The number of hydrogen-bond acceptors (Lipinski definition) is 2. The predicted octanol–water partition coefficient (Wildman–Crippen LogP) is 2.77. The maximum absolute atomic E-state index is 12.0. The Labute approximate surface area is 109 Å². The monoisotopic (exact) mass is 247 g/mol. The van der Waals surface area contributed by atoms with E-state index in [4.69, 9.17) is 4.74 Å². The number of nitrogens with zero attached hydrogens (tertiary/aromatic N) is 1. The minimum Gasteiger partial charge on any atom is -0.484 e. The molecule has 1 saturated carbocycles. The molecule has 0 aromatic heterocycles. The molecule has 98 valence electrons. The Balaban J connectivity index is 1.86. The van der Waals surface area contributed by atoms with Crippen LogP contribution in [0.3, 0.4) is 0 Å². The molecule has 1 aliphatic carbocycles. The highest BCUT2D eigenvalue weighted by Crippen LogP contribution is 2.22. The first-order valence-electron chi connectivity index (χ1n) is 6.62. The Kier molecular flexibility index (Phi) is 4.24. The predicted molar refractivity (Wildman–Crippen MR) is 71.7 cm³/mol. The van der Waals surface area contributed by atoms with Crippen LogP contribution in [0.5, 0.6) is 5.75 Å². The summed E-state index contributed by atoms with van der Waals surface area (Å²) in [7, 11) is 1.89. The molecule has 0 spiro atoms. The summed E-state index contributed by atoms with van der Waals surface area (Å²) < 4.78 is 5.59. The van der Waals surface area contributed by atoms with Gasteiger partial charge < -0.3 is 9.64 Å². The minimum atomic E-state index is 0.0742. The first-order valence-corrected chi connectivity index (χ1v) is 6.62. The summed E-state index contributed by atoms with van der Waals surface area (Å²) in [6.07, 6.45) is 4.74. The number of amides is 1. The van der Waals surface area contributed by atoms with Gasteiger partial charge in [0.05, 0.1) is 0 Å². The van der Waals surface area contributed by atoms with Crippen molar-refractivity contribution in [2.75, 3.05) is 13.7 Å². The highest BCUT2D eigenvalue weighted by molar-refractivity contribution is 5.77. The Bertz CT molecular complexity index is 411. The van der Waals surface area contributed by atoms with Gasteiger partial charge in [-0.15, -0.1) is 0 Å². The lowest BCUT2D eigenvalue weighted by atomic mass is 10.2. The average molecular weight is 247 g/mol. The van der Waals surface area contributed by atoms with E-state index in [-0.39, 0.29) is 12.5 Å². The van der Waals surface area contributed by atoms with Crippen LogP contribution in [0.15, 0.2) is 24.3 Å². The van der Waals surface area contributed by atoms with Crippen molar-refractivity contribution in [1.29, 1.82) is 0 Å². The summed E-state index contributed by atoms with van der Waals surface area (Å²) in [5.41, 5.74) is 1.06. The van der Waals surface area contributed by atoms with Crippen molar-refractivity contribution in [3.63, 3.8) is 0 Å². The Morgan fingerprint density at radius 2 is 2.00 bits per heavy atom. The molecule has 0 atom stereocenters. The van der Waals surface area contributed by atoms with Crippen LogP contribution in [-0.2, 0) is 4.79 Å². The van der Waals surface area contributed by atoms with Crippen molar-refractivity contribution in [3.8, 4) is 5.75 Å². The van der Waals surface area contributed by atoms with Crippen LogP contribution in [0.1, 0.15) is 31.2 Å². The molecule has 0 bridgehead atoms. The van der Waals surface area contributed by atoms with Gasteiger partial charge in [-0.2, -0.15) is 0 Å². The Morgan fingerprint density at radius 3 is 2.67 bits per heavy atom. The maximum atomic E-state index is 12.0. The van der Waals surface area contributed by atoms with Gasteiger partial charge in [0.25, 0.3) is 5.91 Å². The molecule has 0 aliphatic heterocycles. The molecule has 0 N–H and O–H groups in total. The number of aryl methyl sites for hydroxylation is 1. The molecule has 3 nitrogen and oxygen atoms in total. The molecular weight excluding hydrogens is 226 g/mol. The van der Waals surface area contributed by atoms with Gasteiger partial charge in [0, 0.05) is 13.1 Å². The molecule has 0 unspecified atom stereocenters. The van der Waals surface area contributed by atoms with Crippen LogP contribution in [-0.4, -0.2) is 30.5 Å². The molecule has 2 rings (SSSR count). The van der Waals surface area contributed by atoms with Gasteiger partial charge in [-0.25, -0.2) is 0 Å². The fourth-order valence-electron chi connectivity index (χ4n) is 2.45. The highest BCUT2D eigenvalue weighted by Gasteiger charge is 2.23. The number of carbonyl (C=O) groups excluding carboxylic acids is 1. The van der Waals surface area contributed by atoms with Crippen LogP contribution in [0.4, 0.5) is 0 Å². The lowest BCUT2D eigenvalue weighted by Crippen LogP contribution is -2.38. The van der Waals surface area contributed by atoms with Crippen molar-refractivity contribution in [2.45, 2.75) is 38.6 Å². The summed E-state index contributed by atoms with van der Waals surface area (Å²) >= 11 is 0. The standard InChI is InChI=1S/C15H21NO2/c1-12-7-3-6-10-14(12)18-11-15(17)16(2)13-8-4-5-9-13/h3,6-7,10,13H,4-5,8-9,11H2,1-2H3. The van der Waals surface area contributed by atoms with E-state index in [0.29, 0.717) is 6.04 Å². The third-order valence-electron chi connectivity index (χ3n) is 3.71. The van der Waals surface area contributed by atoms with Crippen molar-refractivity contribution in [3.05, 3.63) is 29.8 Å². The molecule has 18 heavy (non-hydrogen) atoms. The van der Waals surface area contributed by atoms with Crippen LogP contribution >= 0.6 is 0 Å². The van der Waals surface area contributed by atoms with Crippen molar-refractivity contribution in [2.24, 2.45) is 0 Å². The van der Waals surface area contributed by atoms with Gasteiger partial charge in [0.1, 0.15) is 5.75 Å². The fraction of sp³-hybridized carbons (Fsp3) is 0.533. The third kappa shape index (κ3) is 3.03. The molecular formula is C15H21NO2. The van der Waals surface area contributed by atoms with E-state index in [1.165, 1.54) is 12.8 Å². The van der Waals surface area contributed by atoms with Crippen molar-refractivity contribution in [1.82, 2.24) is 4.90 Å². The Hall–Kier alpha value is -1.51. The molecule has 1 aromatic carbocycles. The lowest BCUT2D eigenvalue weighted by molar-refractivity contribution is -0.134. The van der Waals surface area contributed by atoms with Gasteiger partial charge in [0.2, 0.25) is 0 Å². The number of ether oxygens (including phenoxy) is 1. The van der Waals surface area contributed by atoms with Gasteiger partial charge in [0.15, 0.2) is 6.61 Å². The SMILES string of the molecule is Cc1ccccc1OCC(=O)N(C)C1CCCC1. The largest absolute Gasteiger partial charge is 0.484 e. The summed E-state index contributed by atoms with van der Waals surface area (Å²) in [5, 5.41) is 0. The van der Waals surface area contributed by atoms with Crippen molar-refractivity contribution < 1.29 is 9.53 Å². The molecule has 1 fully saturated rings. The molecule has 1 aromatic rings. The maximum Gasteiger partial charge on any atom is 0.260 e. The topological polar surface area (TPSA) is 29.5 Å². The number of hydrogen-bond donors (Lipinski definition) is 0. The summed E-state index contributed by atoms with van der Waals surface area (Å²) in [6, 6.07) is 8.19. The van der Waals surface area contributed by atoms with E-state index >= 15 is 0 Å². The number of likely N-dealkylation sites (N-methyl/N-ethyl adjacent to an activating group) is 1. The Morgan fingerprint density at radius 1 is 1.33 bits per heavy atom. The fourth-order valence-corrected chi connectivity index (χ4v) is 2.45. The minimum absolute atomic E-state index is 0.0742. The zero-order valence-corrected chi connectivity index (χ0v) is 11.2. The van der Waals surface area contributed by atoms with Gasteiger partial charge >= 0.3 is 0 Å². The molecule has 1 amide bonds. The molecule has 0 radical (unpaired) electrons. The quantitative estimate of drug-likeness (QED) is 0.818. The van der Waals surface area contributed by atoms with E-state index in [9.17, 15) is 4.79 Å². The summed E-state index contributed by atoms with van der Waals surface area (Å²) in [4.78, 5) is 13.9. The van der Waals surface area contributed by atoms with Crippen LogP contribution < -0.4 is 4.74 Å². The normalized spacial score (nSPS) is 15.7. The third-order valence-corrected chi connectivity index (χ3v) is 3.71. The average Bonchev–Trinajstić information content (AvgIpc) is 2.90. The van der Waals surface area contributed by atoms with Crippen LogP contribution in [0.25, 0.3) is 0 Å². The summed E-state index contributed by atoms with van der Waals surface area (Å²) in [5.74, 6) is 0.871. The summed E-state index contributed by atoms with van der Waals surface area (Å²) in [6.45, 7) is 2.12. The zero-order chi connectivity index (χ0) is 13.0. The van der Waals surface area contributed by atoms with Gasteiger partial charge in [-0.1, -0.05) is 31.0 Å². The molecule has 1 aliphatic rings. The first-order chi connectivity index (χ1) is 8.68. The van der Waals surface area contributed by atoms with E-state index in [0.717, 1.165) is 24.2 Å². The molecule has 3 heteroatoms. The van der Waals surface area contributed by atoms with Gasteiger partial charge in [-0.3, -0.25) is 4.79 Å². The second kappa shape index (κ2) is 5.89. The smallest absolute Gasteiger partial charge is 0.260 e.